The molecule has 8 heteroatoms. The first-order chi connectivity index (χ1) is 14.1. The van der Waals surface area contributed by atoms with Crippen molar-refractivity contribution in [1.29, 1.82) is 0 Å². The molecule has 5 nitrogen and oxygen atoms in total. The Kier molecular flexibility index (Phi) is 6.88. The third kappa shape index (κ3) is 6.09. The third-order valence-corrected chi connectivity index (χ3v) is 5.20. The second-order valence-corrected chi connectivity index (χ2v) is 9.10. The van der Waals surface area contributed by atoms with Crippen LogP contribution in [0.5, 0.6) is 0 Å². The number of oxime groups is 1. The summed E-state index contributed by atoms with van der Waals surface area (Å²) in [4.78, 5) is 20.1. The average Bonchev–Trinajstić information content (AvgIpc) is 3.12. The number of carbonyl (C=O) groups excluding carboxylic acids is 1. The number of rotatable bonds is 5. The summed E-state index contributed by atoms with van der Waals surface area (Å²) < 4.78 is 13.2. The van der Waals surface area contributed by atoms with Crippen LogP contribution in [0.25, 0.3) is 0 Å². The molecule has 0 spiro atoms. The lowest BCUT2D eigenvalue weighted by atomic mass is 10.0. The molecule has 2 amide bonds. The molecule has 0 saturated carbocycles. The fourth-order valence-electron chi connectivity index (χ4n) is 3.05. The van der Waals surface area contributed by atoms with E-state index in [4.69, 9.17) is 28.0 Å². The zero-order valence-electron chi connectivity index (χ0n) is 17.1. The summed E-state index contributed by atoms with van der Waals surface area (Å²) in [6.07, 6.45) is 0.223. The van der Waals surface area contributed by atoms with Crippen molar-refractivity contribution in [3.05, 3.63) is 69.5 Å². The molecule has 0 aliphatic carbocycles. The second kappa shape index (κ2) is 9.23. The first kappa shape index (κ1) is 22.4. The zero-order valence-corrected chi connectivity index (χ0v) is 18.6. The molecule has 0 radical (unpaired) electrons. The number of amides is 2. The van der Waals surface area contributed by atoms with Gasteiger partial charge in [-0.2, -0.15) is 0 Å². The van der Waals surface area contributed by atoms with Gasteiger partial charge in [-0.05, 0) is 50.6 Å². The predicted molar refractivity (Wildman–Crippen MR) is 118 cm³/mol. The first-order valence-corrected chi connectivity index (χ1v) is 10.4. The fraction of sp³-hybridized carbons (Fsp3) is 0.364. The minimum absolute atomic E-state index is 0.224. The Hall–Kier alpha value is -2.31. The molecule has 1 aliphatic heterocycles. The van der Waals surface area contributed by atoms with Gasteiger partial charge in [-0.1, -0.05) is 46.6 Å². The molecule has 2 aromatic carbocycles. The summed E-state index contributed by atoms with van der Waals surface area (Å²) >= 11 is 12.1. The van der Waals surface area contributed by atoms with Gasteiger partial charge in [0.1, 0.15) is 5.82 Å². The van der Waals surface area contributed by atoms with Crippen LogP contribution in [0.2, 0.25) is 10.0 Å². The van der Waals surface area contributed by atoms with Crippen LogP contribution < -0.4 is 5.32 Å². The van der Waals surface area contributed by atoms with Gasteiger partial charge in [0.25, 0.3) is 0 Å². The van der Waals surface area contributed by atoms with Gasteiger partial charge in [-0.25, -0.2) is 9.18 Å². The Labute approximate surface area is 185 Å². The molecule has 1 atom stereocenters. The molecule has 1 aliphatic rings. The van der Waals surface area contributed by atoms with Crippen LogP contribution in [0, 0.1) is 5.82 Å². The maximum absolute atomic E-state index is 13.2. The van der Waals surface area contributed by atoms with Gasteiger partial charge in [0.15, 0.2) is 6.10 Å². The van der Waals surface area contributed by atoms with Gasteiger partial charge in [0.2, 0.25) is 0 Å². The number of urea groups is 1. The van der Waals surface area contributed by atoms with E-state index in [0.717, 1.165) is 16.8 Å². The first-order valence-electron chi connectivity index (χ1n) is 9.60. The summed E-state index contributed by atoms with van der Waals surface area (Å²) in [5.74, 6) is -0.316. The number of halogens is 3. The largest absolute Gasteiger partial charge is 0.390 e. The van der Waals surface area contributed by atoms with E-state index in [1.165, 1.54) is 12.1 Å². The monoisotopic (exact) mass is 451 g/mol. The number of nitrogens with one attached hydrogen (secondary N) is 1. The number of hydrogen-bond acceptors (Lipinski definition) is 3. The quantitative estimate of drug-likeness (QED) is 0.639. The summed E-state index contributed by atoms with van der Waals surface area (Å²) in [7, 11) is 0. The Bertz CT molecular complexity index is 942. The molecule has 30 heavy (non-hydrogen) atoms. The number of benzene rings is 2. The fourth-order valence-corrected chi connectivity index (χ4v) is 3.35. The van der Waals surface area contributed by atoms with Crippen LogP contribution in [0.3, 0.4) is 0 Å². The summed E-state index contributed by atoms with van der Waals surface area (Å²) in [6, 6.07) is 11.2. The number of carbonyl (C=O) groups is 1. The van der Waals surface area contributed by atoms with Crippen molar-refractivity contribution >= 4 is 34.9 Å². The molecule has 0 bridgehead atoms. The molecule has 3 rings (SSSR count). The highest BCUT2D eigenvalue weighted by Gasteiger charge is 2.28. The molecule has 160 valence electrons. The van der Waals surface area contributed by atoms with Crippen LogP contribution in [0.4, 0.5) is 9.18 Å². The van der Waals surface area contributed by atoms with E-state index in [1.807, 2.05) is 26.8 Å². The van der Waals surface area contributed by atoms with Crippen molar-refractivity contribution in [2.45, 2.75) is 45.4 Å². The highest BCUT2D eigenvalue weighted by Crippen LogP contribution is 2.26. The van der Waals surface area contributed by atoms with Crippen LogP contribution >= 0.6 is 23.2 Å². The second-order valence-electron chi connectivity index (χ2n) is 8.29. The molecule has 0 saturated heterocycles. The maximum Gasteiger partial charge on any atom is 0.318 e. The van der Waals surface area contributed by atoms with E-state index in [0.29, 0.717) is 29.6 Å². The van der Waals surface area contributed by atoms with Gasteiger partial charge in [0.05, 0.1) is 22.3 Å². The van der Waals surface area contributed by atoms with Crippen molar-refractivity contribution in [2.24, 2.45) is 5.16 Å². The van der Waals surface area contributed by atoms with E-state index in [9.17, 15) is 9.18 Å². The number of hydrogen-bond donors (Lipinski definition) is 1. The average molecular weight is 452 g/mol. The van der Waals surface area contributed by atoms with E-state index in [2.05, 4.69) is 10.5 Å². The molecular formula is C22H24Cl2FN3O2. The van der Waals surface area contributed by atoms with Crippen LogP contribution in [-0.2, 0) is 11.4 Å². The lowest BCUT2D eigenvalue weighted by molar-refractivity contribution is 0.0580. The van der Waals surface area contributed by atoms with E-state index >= 15 is 0 Å². The minimum atomic E-state index is -0.392. The van der Waals surface area contributed by atoms with Crippen LogP contribution in [-0.4, -0.2) is 34.8 Å². The molecule has 0 unspecified atom stereocenters. The molecule has 2 aromatic rings. The standard InChI is InChI=1S/C22H24Cl2FN3O2/c1-22(2,3)26-21(29)28(12-14-4-7-16(25)8-5-14)13-17-11-20(27-30-17)15-6-9-18(23)19(24)10-15/h4-10,17H,11-13H2,1-3H3,(H,26,29)/t17-/m1/s1. The predicted octanol–water partition coefficient (Wildman–Crippen LogP) is 5.64. The molecule has 0 fully saturated rings. The maximum atomic E-state index is 13.2. The van der Waals surface area contributed by atoms with Crippen molar-refractivity contribution in [3.63, 3.8) is 0 Å². The molecule has 1 heterocycles. The van der Waals surface area contributed by atoms with Crippen molar-refractivity contribution in [1.82, 2.24) is 10.2 Å². The van der Waals surface area contributed by atoms with E-state index < -0.39 is 5.54 Å². The Morgan fingerprint density at radius 3 is 2.53 bits per heavy atom. The van der Waals surface area contributed by atoms with Gasteiger partial charge >= 0.3 is 6.03 Å². The van der Waals surface area contributed by atoms with Crippen LogP contribution in [0.15, 0.2) is 47.6 Å². The van der Waals surface area contributed by atoms with Crippen molar-refractivity contribution < 1.29 is 14.0 Å². The van der Waals surface area contributed by atoms with Crippen molar-refractivity contribution in [2.75, 3.05) is 6.54 Å². The lowest BCUT2D eigenvalue weighted by Gasteiger charge is -2.29. The minimum Gasteiger partial charge on any atom is -0.390 e. The molecular weight excluding hydrogens is 428 g/mol. The van der Waals surface area contributed by atoms with Gasteiger partial charge in [-0.15, -0.1) is 0 Å². The highest BCUT2D eigenvalue weighted by atomic mass is 35.5. The summed E-state index contributed by atoms with van der Waals surface area (Å²) in [6.45, 7) is 6.40. The van der Waals surface area contributed by atoms with Gasteiger partial charge in [-0.3, -0.25) is 0 Å². The normalized spacial score (nSPS) is 16.1. The van der Waals surface area contributed by atoms with Crippen molar-refractivity contribution in [3.8, 4) is 0 Å². The van der Waals surface area contributed by atoms with Gasteiger partial charge in [0, 0.05) is 24.1 Å². The smallest absolute Gasteiger partial charge is 0.318 e. The molecule has 1 N–H and O–H groups in total. The lowest BCUT2D eigenvalue weighted by Crippen LogP contribution is -2.50. The SMILES string of the molecule is CC(C)(C)NC(=O)N(Cc1ccc(F)cc1)C[C@H]1CC(c2ccc(Cl)c(Cl)c2)=NO1. The number of nitrogens with zero attached hydrogens (tertiary/aromatic N) is 2. The third-order valence-electron chi connectivity index (χ3n) is 4.47. The Morgan fingerprint density at radius 2 is 1.90 bits per heavy atom. The Balaban J connectivity index is 1.70. The molecule has 0 aromatic heterocycles. The van der Waals surface area contributed by atoms with E-state index in [-0.39, 0.29) is 18.0 Å². The summed E-state index contributed by atoms with van der Waals surface area (Å²) in [5, 5.41) is 8.06. The Morgan fingerprint density at radius 1 is 1.20 bits per heavy atom. The topological polar surface area (TPSA) is 53.9 Å². The zero-order chi connectivity index (χ0) is 21.9. The summed E-state index contributed by atoms with van der Waals surface area (Å²) in [5.41, 5.74) is 2.01. The highest BCUT2D eigenvalue weighted by molar-refractivity contribution is 6.42. The van der Waals surface area contributed by atoms with Crippen LogP contribution in [0.1, 0.15) is 38.3 Å². The van der Waals surface area contributed by atoms with Gasteiger partial charge < -0.3 is 15.1 Å². The van der Waals surface area contributed by atoms with E-state index in [1.54, 1.807) is 29.2 Å².